The molecule has 2 rings (SSSR count). The Hall–Kier alpha value is -1.39. The Labute approximate surface area is 81.4 Å². The van der Waals surface area contributed by atoms with Crippen LogP contribution in [0.4, 0.5) is 0 Å². The lowest BCUT2D eigenvalue weighted by Gasteiger charge is -2.06. The number of imidazole rings is 1. The standard InChI is InChI=1S/C10H12N2O2/c1-12-6-11-8-4-7(10(14)5-13)2-3-9(8)12/h2-4,6,10,13-14H,5H2,1H3. The van der Waals surface area contributed by atoms with Crippen LogP contribution in [0.15, 0.2) is 24.5 Å². The summed E-state index contributed by atoms with van der Waals surface area (Å²) in [6.45, 7) is -0.266. The van der Waals surface area contributed by atoms with Crippen molar-refractivity contribution in [3.8, 4) is 0 Å². The minimum Gasteiger partial charge on any atom is -0.393 e. The van der Waals surface area contributed by atoms with Gasteiger partial charge in [-0.15, -0.1) is 0 Å². The average Bonchev–Trinajstić information content (AvgIpc) is 2.59. The number of hydrogen-bond acceptors (Lipinski definition) is 3. The first-order valence-electron chi connectivity index (χ1n) is 4.42. The molecule has 1 atom stereocenters. The highest BCUT2D eigenvalue weighted by molar-refractivity contribution is 5.76. The Balaban J connectivity index is 2.52. The lowest BCUT2D eigenvalue weighted by molar-refractivity contribution is 0.0957. The zero-order valence-electron chi connectivity index (χ0n) is 7.88. The molecule has 4 heteroatoms. The monoisotopic (exact) mass is 192 g/mol. The Morgan fingerprint density at radius 1 is 1.50 bits per heavy atom. The third-order valence-corrected chi connectivity index (χ3v) is 2.31. The first-order chi connectivity index (χ1) is 6.72. The van der Waals surface area contributed by atoms with E-state index in [-0.39, 0.29) is 6.61 Å². The molecule has 1 heterocycles. The van der Waals surface area contributed by atoms with Crippen molar-refractivity contribution in [2.45, 2.75) is 6.10 Å². The average molecular weight is 192 g/mol. The summed E-state index contributed by atoms with van der Waals surface area (Å²) in [5.74, 6) is 0. The molecule has 0 bridgehead atoms. The predicted octanol–water partition coefficient (Wildman–Crippen LogP) is 0.599. The minimum atomic E-state index is -0.818. The summed E-state index contributed by atoms with van der Waals surface area (Å²) >= 11 is 0. The van der Waals surface area contributed by atoms with Crippen LogP contribution < -0.4 is 0 Å². The Bertz CT molecular complexity index is 450. The van der Waals surface area contributed by atoms with Crippen LogP contribution >= 0.6 is 0 Å². The predicted molar refractivity (Wildman–Crippen MR) is 52.8 cm³/mol. The van der Waals surface area contributed by atoms with Gasteiger partial charge in [-0.05, 0) is 17.7 Å². The van der Waals surface area contributed by atoms with Gasteiger partial charge in [-0.25, -0.2) is 4.98 Å². The number of aryl methyl sites for hydroxylation is 1. The normalized spacial score (nSPS) is 13.4. The largest absolute Gasteiger partial charge is 0.393 e. The SMILES string of the molecule is Cn1cnc2cc(C(O)CO)ccc21. The molecule has 4 nitrogen and oxygen atoms in total. The van der Waals surface area contributed by atoms with Crippen LogP contribution in [0.2, 0.25) is 0 Å². The van der Waals surface area contributed by atoms with Gasteiger partial charge in [0.2, 0.25) is 0 Å². The van der Waals surface area contributed by atoms with E-state index in [1.54, 1.807) is 18.5 Å². The lowest BCUT2D eigenvalue weighted by atomic mass is 10.1. The Kier molecular flexibility index (Phi) is 2.23. The molecule has 74 valence electrons. The van der Waals surface area contributed by atoms with Crippen molar-refractivity contribution in [3.05, 3.63) is 30.1 Å². The van der Waals surface area contributed by atoms with Crippen molar-refractivity contribution in [2.24, 2.45) is 7.05 Å². The molecule has 0 fully saturated rings. The van der Waals surface area contributed by atoms with Crippen LogP contribution in [0.5, 0.6) is 0 Å². The third-order valence-electron chi connectivity index (χ3n) is 2.31. The van der Waals surface area contributed by atoms with Gasteiger partial charge in [-0.2, -0.15) is 0 Å². The van der Waals surface area contributed by atoms with Gasteiger partial charge in [0.15, 0.2) is 0 Å². The molecular weight excluding hydrogens is 180 g/mol. The van der Waals surface area contributed by atoms with Crippen molar-refractivity contribution in [3.63, 3.8) is 0 Å². The number of nitrogens with zero attached hydrogens (tertiary/aromatic N) is 2. The molecule has 1 aromatic heterocycles. The number of aliphatic hydroxyl groups excluding tert-OH is 2. The lowest BCUT2D eigenvalue weighted by Crippen LogP contribution is -2.01. The molecule has 0 saturated heterocycles. The van der Waals surface area contributed by atoms with Gasteiger partial charge >= 0.3 is 0 Å². The van der Waals surface area contributed by atoms with Crippen LogP contribution in [-0.2, 0) is 7.05 Å². The zero-order valence-corrected chi connectivity index (χ0v) is 7.88. The van der Waals surface area contributed by atoms with E-state index in [1.807, 2.05) is 17.7 Å². The fourth-order valence-electron chi connectivity index (χ4n) is 1.47. The van der Waals surface area contributed by atoms with Crippen LogP contribution in [0, 0.1) is 0 Å². The van der Waals surface area contributed by atoms with Gasteiger partial charge in [0.25, 0.3) is 0 Å². The highest BCUT2D eigenvalue weighted by atomic mass is 16.3. The van der Waals surface area contributed by atoms with Crippen LogP contribution in [0.25, 0.3) is 11.0 Å². The number of benzene rings is 1. The summed E-state index contributed by atoms with van der Waals surface area (Å²) in [6, 6.07) is 5.47. The second-order valence-corrected chi connectivity index (χ2v) is 3.30. The van der Waals surface area contributed by atoms with Crippen LogP contribution in [0.1, 0.15) is 11.7 Å². The van der Waals surface area contributed by atoms with E-state index in [4.69, 9.17) is 5.11 Å². The molecule has 14 heavy (non-hydrogen) atoms. The van der Waals surface area contributed by atoms with E-state index in [0.29, 0.717) is 5.56 Å². The Morgan fingerprint density at radius 2 is 2.29 bits per heavy atom. The molecule has 2 N–H and O–H groups in total. The van der Waals surface area contributed by atoms with Crippen molar-refractivity contribution in [1.82, 2.24) is 9.55 Å². The molecule has 0 aliphatic heterocycles. The minimum absolute atomic E-state index is 0.266. The van der Waals surface area contributed by atoms with E-state index >= 15 is 0 Å². The van der Waals surface area contributed by atoms with Gasteiger partial charge in [-0.3, -0.25) is 0 Å². The molecule has 1 aromatic carbocycles. The topological polar surface area (TPSA) is 58.3 Å². The maximum absolute atomic E-state index is 9.41. The first kappa shape index (κ1) is 9.18. The van der Waals surface area contributed by atoms with Crippen LogP contribution in [0.3, 0.4) is 0 Å². The zero-order chi connectivity index (χ0) is 10.1. The molecule has 0 amide bonds. The maximum Gasteiger partial charge on any atom is 0.102 e. The second kappa shape index (κ2) is 3.40. The third kappa shape index (κ3) is 1.38. The van der Waals surface area contributed by atoms with Crippen molar-refractivity contribution in [2.75, 3.05) is 6.61 Å². The van der Waals surface area contributed by atoms with E-state index in [9.17, 15) is 5.11 Å². The Morgan fingerprint density at radius 3 is 3.00 bits per heavy atom. The van der Waals surface area contributed by atoms with Crippen molar-refractivity contribution < 1.29 is 10.2 Å². The maximum atomic E-state index is 9.41. The highest BCUT2D eigenvalue weighted by Gasteiger charge is 2.07. The number of rotatable bonds is 2. The van der Waals surface area contributed by atoms with Crippen molar-refractivity contribution >= 4 is 11.0 Å². The van der Waals surface area contributed by atoms with Crippen LogP contribution in [-0.4, -0.2) is 26.4 Å². The molecule has 0 spiro atoms. The number of fused-ring (bicyclic) bond motifs is 1. The number of hydrogen-bond donors (Lipinski definition) is 2. The van der Waals surface area contributed by atoms with E-state index < -0.39 is 6.10 Å². The van der Waals surface area contributed by atoms with Crippen molar-refractivity contribution in [1.29, 1.82) is 0 Å². The molecular formula is C10H12N2O2. The summed E-state index contributed by atoms with van der Waals surface area (Å²) in [6.07, 6.45) is 0.904. The van der Waals surface area contributed by atoms with E-state index in [1.165, 1.54) is 0 Å². The summed E-state index contributed by atoms with van der Waals surface area (Å²) in [5.41, 5.74) is 2.54. The smallest absolute Gasteiger partial charge is 0.102 e. The number of aliphatic hydroxyl groups is 2. The van der Waals surface area contributed by atoms with Gasteiger partial charge in [0, 0.05) is 7.05 Å². The van der Waals surface area contributed by atoms with E-state index in [0.717, 1.165) is 11.0 Å². The van der Waals surface area contributed by atoms with Gasteiger partial charge in [-0.1, -0.05) is 6.07 Å². The highest BCUT2D eigenvalue weighted by Crippen LogP contribution is 2.18. The fraction of sp³-hybridized carbons (Fsp3) is 0.300. The molecule has 0 saturated carbocycles. The quantitative estimate of drug-likeness (QED) is 0.732. The fourth-order valence-corrected chi connectivity index (χ4v) is 1.47. The first-order valence-corrected chi connectivity index (χ1v) is 4.42. The second-order valence-electron chi connectivity index (χ2n) is 3.30. The molecule has 0 aliphatic carbocycles. The molecule has 1 unspecified atom stereocenters. The summed E-state index contributed by atoms with van der Waals surface area (Å²) in [5, 5.41) is 18.2. The number of aromatic nitrogens is 2. The van der Waals surface area contributed by atoms with Gasteiger partial charge in [0.05, 0.1) is 24.0 Å². The molecule has 0 aliphatic rings. The van der Waals surface area contributed by atoms with E-state index in [2.05, 4.69) is 4.98 Å². The summed E-state index contributed by atoms with van der Waals surface area (Å²) < 4.78 is 1.91. The van der Waals surface area contributed by atoms with Gasteiger partial charge < -0.3 is 14.8 Å². The molecule has 0 radical (unpaired) electrons. The molecule has 2 aromatic rings. The summed E-state index contributed by atoms with van der Waals surface area (Å²) in [4.78, 5) is 4.17. The summed E-state index contributed by atoms with van der Waals surface area (Å²) in [7, 11) is 1.91. The van der Waals surface area contributed by atoms with Gasteiger partial charge in [0.1, 0.15) is 6.10 Å².